The lowest BCUT2D eigenvalue weighted by Crippen LogP contribution is -2.34. The summed E-state index contributed by atoms with van der Waals surface area (Å²) in [5.41, 5.74) is 0.348. The largest absolute Gasteiger partial charge is 0.368 e. The van der Waals surface area contributed by atoms with Gasteiger partial charge in [-0.1, -0.05) is 23.2 Å². The molecule has 0 aromatic heterocycles. The first-order chi connectivity index (χ1) is 9.56. The third-order valence-corrected chi connectivity index (χ3v) is 3.55. The lowest BCUT2D eigenvalue weighted by Gasteiger charge is -2.22. The molecule has 1 heterocycles. The molecule has 2 rings (SSSR count). The van der Waals surface area contributed by atoms with Gasteiger partial charge in [-0.25, -0.2) is 4.39 Å². The van der Waals surface area contributed by atoms with Crippen molar-refractivity contribution in [2.24, 2.45) is 0 Å². The summed E-state index contributed by atoms with van der Waals surface area (Å²) in [6, 6.07) is 2.62. The van der Waals surface area contributed by atoms with Crippen LogP contribution in [0.2, 0.25) is 10.0 Å². The van der Waals surface area contributed by atoms with Crippen LogP contribution in [0, 0.1) is 5.82 Å². The number of carbonyl (C=O) groups excluding carboxylic acids is 1. The third-order valence-electron chi connectivity index (χ3n) is 3.00. The zero-order valence-corrected chi connectivity index (χ0v) is 12.2. The SMILES string of the molecule is O=C(COC1CCNCC1)Nc1cc(Cl)c(F)c(Cl)c1. The first-order valence-corrected chi connectivity index (χ1v) is 7.08. The maximum atomic E-state index is 13.2. The van der Waals surface area contributed by atoms with E-state index >= 15 is 0 Å². The van der Waals surface area contributed by atoms with E-state index < -0.39 is 5.82 Å². The highest BCUT2D eigenvalue weighted by Crippen LogP contribution is 2.27. The van der Waals surface area contributed by atoms with Gasteiger partial charge in [0, 0.05) is 5.69 Å². The molecule has 1 aliphatic rings. The van der Waals surface area contributed by atoms with Crippen LogP contribution in [0.4, 0.5) is 10.1 Å². The molecule has 110 valence electrons. The highest BCUT2D eigenvalue weighted by atomic mass is 35.5. The number of ether oxygens (including phenoxy) is 1. The summed E-state index contributed by atoms with van der Waals surface area (Å²) >= 11 is 11.3. The van der Waals surface area contributed by atoms with Crippen LogP contribution in [0.5, 0.6) is 0 Å². The first kappa shape index (κ1) is 15.5. The maximum absolute atomic E-state index is 13.2. The number of hydrogen-bond acceptors (Lipinski definition) is 3. The van der Waals surface area contributed by atoms with Crippen molar-refractivity contribution in [2.45, 2.75) is 18.9 Å². The molecule has 1 aliphatic heterocycles. The maximum Gasteiger partial charge on any atom is 0.250 e. The Morgan fingerprint density at radius 2 is 1.95 bits per heavy atom. The molecular weight excluding hydrogens is 306 g/mol. The summed E-state index contributed by atoms with van der Waals surface area (Å²) < 4.78 is 18.7. The van der Waals surface area contributed by atoms with Crippen LogP contribution < -0.4 is 10.6 Å². The minimum absolute atomic E-state index is 0.0444. The van der Waals surface area contributed by atoms with E-state index in [1.54, 1.807) is 0 Å². The Kier molecular flexibility index (Phi) is 5.60. The fourth-order valence-corrected chi connectivity index (χ4v) is 2.47. The van der Waals surface area contributed by atoms with E-state index in [-0.39, 0.29) is 28.7 Å². The molecule has 1 saturated heterocycles. The van der Waals surface area contributed by atoms with E-state index in [0.717, 1.165) is 25.9 Å². The minimum Gasteiger partial charge on any atom is -0.368 e. The van der Waals surface area contributed by atoms with Crippen molar-refractivity contribution in [3.63, 3.8) is 0 Å². The van der Waals surface area contributed by atoms with E-state index in [0.29, 0.717) is 5.69 Å². The molecule has 0 spiro atoms. The molecule has 20 heavy (non-hydrogen) atoms. The van der Waals surface area contributed by atoms with Crippen molar-refractivity contribution < 1.29 is 13.9 Å². The summed E-state index contributed by atoms with van der Waals surface area (Å²) in [6.07, 6.45) is 1.88. The van der Waals surface area contributed by atoms with Gasteiger partial charge in [-0.2, -0.15) is 0 Å². The zero-order valence-electron chi connectivity index (χ0n) is 10.7. The van der Waals surface area contributed by atoms with Crippen molar-refractivity contribution in [3.05, 3.63) is 28.0 Å². The molecule has 1 aromatic rings. The van der Waals surface area contributed by atoms with E-state index in [9.17, 15) is 9.18 Å². The van der Waals surface area contributed by atoms with Gasteiger partial charge in [0.15, 0.2) is 5.82 Å². The van der Waals surface area contributed by atoms with Crippen LogP contribution in [0.25, 0.3) is 0 Å². The molecule has 2 N–H and O–H groups in total. The lowest BCUT2D eigenvalue weighted by atomic mass is 10.1. The average molecular weight is 321 g/mol. The summed E-state index contributed by atoms with van der Waals surface area (Å²) in [6.45, 7) is 1.75. The predicted molar refractivity (Wildman–Crippen MR) is 76.9 cm³/mol. The summed E-state index contributed by atoms with van der Waals surface area (Å²) in [7, 11) is 0. The molecule has 0 saturated carbocycles. The van der Waals surface area contributed by atoms with Gasteiger partial charge in [0.05, 0.1) is 16.1 Å². The second-order valence-electron chi connectivity index (χ2n) is 4.56. The van der Waals surface area contributed by atoms with Gasteiger partial charge in [-0.15, -0.1) is 0 Å². The Bertz CT molecular complexity index is 470. The number of piperidine rings is 1. The first-order valence-electron chi connectivity index (χ1n) is 6.33. The van der Waals surface area contributed by atoms with Gasteiger partial charge in [-0.3, -0.25) is 4.79 Å². The van der Waals surface area contributed by atoms with Gasteiger partial charge >= 0.3 is 0 Å². The average Bonchev–Trinajstić information content (AvgIpc) is 2.43. The molecule has 1 amide bonds. The number of hydrogen-bond donors (Lipinski definition) is 2. The molecule has 1 aromatic carbocycles. The molecule has 0 aliphatic carbocycles. The Morgan fingerprint density at radius 1 is 1.35 bits per heavy atom. The molecule has 0 atom stereocenters. The van der Waals surface area contributed by atoms with Crippen molar-refractivity contribution in [1.82, 2.24) is 5.32 Å². The molecular formula is C13H15Cl2FN2O2. The molecule has 0 radical (unpaired) electrons. The Labute approximate surface area is 126 Å². The fraction of sp³-hybridized carbons (Fsp3) is 0.462. The number of rotatable bonds is 4. The van der Waals surface area contributed by atoms with Gasteiger partial charge in [-0.05, 0) is 38.1 Å². The monoisotopic (exact) mass is 320 g/mol. The smallest absolute Gasteiger partial charge is 0.250 e. The topological polar surface area (TPSA) is 50.4 Å². The molecule has 1 fully saturated rings. The van der Waals surface area contributed by atoms with Gasteiger partial charge in [0.1, 0.15) is 6.61 Å². The summed E-state index contributed by atoms with van der Waals surface area (Å²) in [5.74, 6) is -1.01. The quantitative estimate of drug-likeness (QED) is 0.839. The van der Waals surface area contributed by atoms with Crippen molar-refractivity contribution in [2.75, 3.05) is 25.0 Å². The van der Waals surface area contributed by atoms with Crippen LogP contribution in [0.1, 0.15) is 12.8 Å². The number of carbonyl (C=O) groups is 1. The van der Waals surface area contributed by atoms with Crippen LogP contribution >= 0.6 is 23.2 Å². The number of halogens is 3. The fourth-order valence-electron chi connectivity index (χ4n) is 1.98. The standard InChI is InChI=1S/C13H15Cl2FN2O2/c14-10-5-8(6-11(15)13(10)16)18-12(19)7-20-9-1-3-17-4-2-9/h5-6,9,17H,1-4,7H2,(H,18,19). The highest BCUT2D eigenvalue weighted by Gasteiger charge is 2.15. The van der Waals surface area contributed by atoms with Crippen molar-refractivity contribution >= 4 is 34.8 Å². The van der Waals surface area contributed by atoms with Gasteiger partial charge in [0.2, 0.25) is 5.91 Å². The van der Waals surface area contributed by atoms with E-state index in [1.807, 2.05) is 0 Å². The van der Waals surface area contributed by atoms with E-state index in [1.165, 1.54) is 12.1 Å². The third kappa shape index (κ3) is 4.31. The van der Waals surface area contributed by atoms with Crippen LogP contribution in [0.3, 0.4) is 0 Å². The van der Waals surface area contributed by atoms with Crippen molar-refractivity contribution in [1.29, 1.82) is 0 Å². The Morgan fingerprint density at radius 3 is 2.55 bits per heavy atom. The second-order valence-corrected chi connectivity index (χ2v) is 5.38. The van der Waals surface area contributed by atoms with Gasteiger partial charge in [0.25, 0.3) is 0 Å². The van der Waals surface area contributed by atoms with Crippen molar-refractivity contribution in [3.8, 4) is 0 Å². The van der Waals surface area contributed by atoms with Crippen LogP contribution in [-0.4, -0.2) is 31.7 Å². The van der Waals surface area contributed by atoms with E-state index in [4.69, 9.17) is 27.9 Å². The van der Waals surface area contributed by atoms with Crippen LogP contribution in [-0.2, 0) is 9.53 Å². The second kappa shape index (κ2) is 7.22. The van der Waals surface area contributed by atoms with Gasteiger partial charge < -0.3 is 15.4 Å². The highest BCUT2D eigenvalue weighted by molar-refractivity contribution is 6.35. The number of anilines is 1. The lowest BCUT2D eigenvalue weighted by molar-refractivity contribution is -0.123. The Hall–Kier alpha value is -0.880. The Balaban J connectivity index is 1.84. The van der Waals surface area contributed by atoms with E-state index in [2.05, 4.69) is 10.6 Å². The zero-order chi connectivity index (χ0) is 14.5. The van der Waals surface area contributed by atoms with Crippen LogP contribution in [0.15, 0.2) is 12.1 Å². The summed E-state index contributed by atoms with van der Waals surface area (Å²) in [5, 5.41) is 5.53. The number of benzene rings is 1. The normalized spacial score (nSPS) is 16.1. The molecule has 4 nitrogen and oxygen atoms in total. The number of nitrogens with one attached hydrogen (secondary N) is 2. The predicted octanol–water partition coefficient (Wildman–Crippen LogP) is 2.84. The molecule has 0 unspecified atom stereocenters. The summed E-state index contributed by atoms with van der Waals surface area (Å²) in [4.78, 5) is 11.7. The minimum atomic E-state index is -0.697. The molecule has 7 heteroatoms. The molecule has 0 bridgehead atoms. The number of amides is 1.